The quantitative estimate of drug-likeness (QED) is 0.433. The molecule has 1 aliphatic rings. The molecule has 27 heavy (non-hydrogen) atoms. The second-order valence-corrected chi connectivity index (χ2v) is 6.97. The van der Waals surface area contributed by atoms with Gasteiger partial charge in [-0.2, -0.15) is 0 Å². The fraction of sp³-hybridized carbons (Fsp3) is 0.125. The summed E-state index contributed by atoms with van der Waals surface area (Å²) >= 11 is 0. The number of hydrogen-bond acceptors (Lipinski definition) is 3. The Hall–Kier alpha value is -3.33. The molecule has 0 fully saturated rings. The number of aryl methyl sites for hydroxylation is 1. The Bertz CT molecular complexity index is 1230. The SMILES string of the molecule is COc1ccc(C2c3ccccc3-c3oc4ccc(C)cc4c(=O)c32)cc1. The molecule has 1 heterocycles. The van der Waals surface area contributed by atoms with Crippen molar-refractivity contribution >= 4 is 11.0 Å². The summed E-state index contributed by atoms with van der Waals surface area (Å²) in [5, 5.41) is 0.639. The molecular weight excluding hydrogens is 336 g/mol. The van der Waals surface area contributed by atoms with Gasteiger partial charge in [-0.15, -0.1) is 0 Å². The highest BCUT2D eigenvalue weighted by molar-refractivity contribution is 5.85. The largest absolute Gasteiger partial charge is 0.497 e. The van der Waals surface area contributed by atoms with Crippen LogP contribution in [0.3, 0.4) is 0 Å². The Balaban J connectivity index is 1.84. The highest BCUT2D eigenvalue weighted by Gasteiger charge is 2.35. The fourth-order valence-corrected chi connectivity index (χ4v) is 4.04. The first kappa shape index (κ1) is 15.9. The lowest BCUT2D eigenvalue weighted by Gasteiger charge is -2.14. The molecule has 1 unspecified atom stereocenters. The first-order chi connectivity index (χ1) is 13.2. The maximum Gasteiger partial charge on any atom is 0.197 e. The van der Waals surface area contributed by atoms with Crippen molar-refractivity contribution < 1.29 is 9.15 Å². The number of methoxy groups -OCH3 is 1. The Morgan fingerprint density at radius 3 is 2.52 bits per heavy atom. The summed E-state index contributed by atoms with van der Waals surface area (Å²) in [4.78, 5) is 13.5. The van der Waals surface area contributed by atoms with E-state index >= 15 is 0 Å². The summed E-state index contributed by atoms with van der Waals surface area (Å²) in [7, 11) is 1.65. The summed E-state index contributed by atoms with van der Waals surface area (Å²) in [5.41, 5.74) is 5.60. The molecule has 132 valence electrons. The molecule has 0 saturated carbocycles. The molecule has 1 atom stereocenters. The topological polar surface area (TPSA) is 39.4 Å². The molecule has 1 aliphatic carbocycles. The highest BCUT2D eigenvalue weighted by Crippen LogP contribution is 2.47. The summed E-state index contributed by atoms with van der Waals surface area (Å²) in [5.74, 6) is 1.35. The molecule has 3 aromatic carbocycles. The van der Waals surface area contributed by atoms with E-state index in [-0.39, 0.29) is 11.3 Å². The highest BCUT2D eigenvalue weighted by atomic mass is 16.5. The lowest BCUT2D eigenvalue weighted by molar-refractivity contribution is 0.414. The van der Waals surface area contributed by atoms with Gasteiger partial charge < -0.3 is 9.15 Å². The van der Waals surface area contributed by atoms with E-state index in [0.29, 0.717) is 16.7 Å². The third-order valence-corrected chi connectivity index (χ3v) is 5.34. The van der Waals surface area contributed by atoms with Gasteiger partial charge in [0, 0.05) is 11.5 Å². The van der Waals surface area contributed by atoms with Crippen LogP contribution in [0.15, 0.2) is 75.9 Å². The molecule has 0 aliphatic heterocycles. The van der Waals surface area contributed by atoms with Crippen molar-refractivity contribution in [3.8, 4) is 17.1 Å². The van der Waals surface area contributed by atoms with Gasteiger partial charge in [0.1, 0.15) is 17.1 Å². The van der Waals surface area contributed by atoms with Gasteiger partial charge in [0.15, 0.2) is 5.43 Å². The molecule has 0 N–H and O–H groups in total. The second kappa shape index (κ2) is 5.85. The van der Waals surface area contributed by atoms with Crippen molar-refractivity contribution in [1.29, 1.82) is 0 Å². The first-order valence-electron chi connectivity index (χ1n) is 8.98. The van der Waals surface area contributed by atoms with E-state index in [0.717, 1.165) is 33.6 Å². The van der Waals surface area contributed by atoms with Crippen LogP contribution in [0.4, 0.5) is 0 Å². The van der Waals surface area contributed by atoms with Gasteiger partial charge in [-0.05, 0) is 42.3 Å². The van der Waals surface area contributed by atoms with Gasteiger partial charge >= 0.3 is 0 Å². The molecule has 1 aromatic heterocycles. The third kappa shape index (κ3) is 2.32. The minimum atomic E-state index is -0.136. The van der Waals surface area contributed by atoms with Crippen LogP contribution in [-0.2, 0) is 0 Å². The fourth-order valence-electron chi connectivity index (χ4n) is 4.04. The lowest BCUT2D eigenvalue weighted by atomic mass is 9.89. The van der Waals surface area contributed by atoms with Crippen LogP contribution in [0.5, 0.6) is 5.75 Å². The standard InChI is InChI=1S/C24H18O3/c1-14-7-12-20-19(13-14)23(25)22-21(15-8-10-16(26-2)11-9-15)17-5-3-4-6-18(17)24(22)27-20/h3-13,21H,1-2H3. The van der Waals surface area contributed by atoms with Crippen LogP contribution in [-0.4, -0.2) is 7.11 Å². The molecule has 3 heteroatoms. The van der Waals surface area contributed by atoms with Crippen molar-refractivity contribution in [3.05, 3.63) is 99.2 Å². The molecule has 3 nitrogen and oxygen atoms in total. The average molecular weight is 354 g/mol. The molecule has 0 spiro atoms. The van der Waals surface area contributed by atoms with Gasteiger partial charge in [0.25, 0.3) is 0 Å². The summed E-state index contributed by atoms with van der Waals surface area (Å²) < 4.78 is 11.5. The summed E-state index contributed by atoms with van der Waals surface area (Å²) in [6, 6.07) is 21.8. The molecule has 0 bridgehead atoms. The van der Waals surface area contributed by atoms with Gasteiger partial charge in [0.2, 0.25) is 0 Å². The van der Waals surface area contributed by atoms with Gasteiger partial charge in [-0.25, -0.2) is 0 Å². The van der Waals surface area contributed by atoms with E-state index < -0.39 is 0 Å². The van der Waals surface area contributed by atoms with Crippen LogP contribution in [0, 0.1) is 6.92 Å². The van der Waals surface area contributed by atoms with E-state index in [1.165, 1.54) is 0 Å². The van der Waals surface area contributed by atoms with Crippen molar-refractivity contribution in [2.24, 2.45) is 0 Å². The van der Waals surface area contributed by atoms with Crippen LogP contribution in [0.25, 0.3) is 22.3 Å². The Labute approximate surface area is 156 Å². The predicted molar refractivity (Wildman–Crippen MR) is 107 cm³/mol. The average Bonchev–Trinajstić information content (AvgIpc) is 3.03. The van der Waals surface area contributed by atoms with E-state index in [9.17, 15) is 4.79 Å². The predicted octanol–water partition coefficient (Wildman–Crippen LogP) is 5.27. The van der Waals surface area contributed by atoms with Crippen molar-refractivity contribution in [1.82, 2.24) is 0 Å². The van der Waals surface area contributed by atoms with E-state index in [1.807, 2.05) is 67.6 Å². The van der Waals surface area contributed by atoms with E-state index in [1.54, 1.807) is 7.11 Å². The number of rotatable bonds is 2. The van der Waals surface area contributed by atoms with Gasteiger partial charge in [-0.1, -0.05) is 48.0 Å². The maximum absolute atomic E-state index is 13.5. The van der Waals surface area contributed by atoms with E-state index in [4.69, 9.17) is 9.15 Å². The zero-order valence-corrected chi connectivity index (χ0v) is 15.2. The molecule has 0 radical (unpaired) electrons. The minimum Gasteiger partial charge on any atom is -0.497 e. The number of hydrogen-bond donors (Lipinski definition) is 0. The number of ether oxygens (including phenoxy) is 1. The zero-order valence-electron chi connectivity index (χ0n) is 15.2. The zero-order chi connectivity index (χ0) is 18.5. The number of benzene rings is 3. The molecule has 0 amide bonds. The third-order valence-electron chi connectivity index (χ3n) is 5.34. The molecular formula is C24H18O3. The van der Waals surface area contributed by atoms with Gasteiger partial charge in [-0.3, -0.25) is 4.79 Å². The first-order valence-corrected chi connectivity index (χ1v) is 8.98. The van der Waals surface area contributed by atoms with E-state index in [2.05, 4.69) is 6.07 Å². The maximum atomic E-state index is 13.5. The van der Waals surface area contributed by atoms with Crippen LogP contribution in [0.2, 0.25) is 0 Å². The lowest BCUT2D eigenvalue weighted by Crippen LogP contribution is -2.13. The Morgan fingerprint density at radius 2 is 1.74 bits per heavy atom. The Morgan fingerprint density at radius 1 is 0.963 bits per heavy atom. The smallest absolute Gasteiger partial charge is 0.197 e. The van der Waals surface area contributed by atoms with Crippen molar-refractivity contribution in [2.75, 3.05) is 7.11 Å². The van der Waals surface area contributed by atoms with Crippen LogP contribution < -0.4 is 10.2 Å². The number of fused-ring (bicyclic) bond motifs is 4. The molecule has 0 saturated heterocycles. The van der Waals surface area contributed by atoms with Gasteiger partial charge in [0.05, 0.1) is 18.1 Å². The second-order valence-electron chi connectivity index (χ2n) is 6.97. The normalized spacial score (nSPS) is 14.8. The Kier molecular flexibility index (Phi) is 3.44. The molecule has 4 aromatic rings. The molecule has 5 rings (SSSR count). The van der Waals surface area contributed by atoms with Crippen LogP contribution in [0.1, 0.15) is 28.2 Å². The summed E-state index contributed by atoms with van der Waals surface area (Å²) in [6.45, 7) is 1.99. The minimum absolute atomic E-state index is 0.0481. The summed E-state index contributed by atoms with van der Waals surface area (Å²) in [6.07, 6.45) is 0. The monoisotopic (exact) mass is 354 g/mol. The van der Waals surface area contributed by atoms with Crippen LogP contribution >= 0.6 is 0 Å². The van der Waals surface area contributed by atoms with Crippen molar-refractivity contribution in [2.45, 2.75) is 12.8 Å². The van der Waals surface area contributed by atoms with Crippen molar-refractivity contribution in [3.63, 3.8) is 0 Å².